The highest BCUT2D eigenvalue weighted by Gasteiger charge is 2.28. The normalized spacial score (nSPS) is 12.6. The van der Waals surface area contributed by atoms with Crippen LogP contribution in [0.3, 0.4) is 0 Å². The Kier molecular flexibility index (Phi) is 5.15. The Balaban J connectivity index is 1.28. The van der Waals surface area contributed by atoms with Crippen LogP contribution >= 0.6 is 0 Å². The molecule has 1 amide bonds. The second kappa shape index (κ2) is 8.26. The maximum atomic E-state index is 13.8. The van der Waals surface area contributed by atoms with Gasteiger partial charge < -0.3 is 14.6 Å². The zero-order valence-electron chi connectivity index (χ0n) is 17.3. The van der Waals surface area contributed by atoms with Crippen LogP contribution in [0.25, 0.3) is 11.4 Å². The third-order valence-corrected chi connectivity index (χ3v) is 5.45. The van der Waals surface area contributed by atoms with Gasteiger partial charge in [-0.2, -0.15) is 4.98 Å². The van der Waals surface area contributed by atoms with Crippen molar-refractivity contribution in [2.75, 3.05) is 0 Å². The minimum atomic E-state index is -0.328. The molecule has 0 unspecified atom stereocenters. The molecule has 0 bridgehead atoms. The number of para-hydroxylation sites is 2. The highest BCUT2D eigenvalue weighted by atomic mass is 19.1. The summed E-state index contributed by atoms with van der Waals surface area (Å²) in [5.74, 6) is 1.59. The van der Waals surface area contributed by atoms with Crippen LogP contribution in [0.2, 0.25) is 0 Å². The number of nitrogens with one attached hydrogen (secondary N) is 1. The van der Waals surface area contributed by atoms with Gasteiger partial charge in [-0.1, -0.05) is 53.7 Å². The van der Waals surface area contributed by atoms with Crippen molar-refractivity contribution < 1.29 is 18.4 Å². The molecule has 2 heterocycles. The number of amides is 1. The molecule has 7 heteroatoms. The Hall–Kier alpha value is -4.00. The van der Waals surface area contributed by atoms with Crippen molar-refractivity contribution in [3.63, 3.8) is 0 Å². The summed E-state index contributed by atoms with van der Waals surface area (Å²) < 4.78 is 25.0. The third kappa shape index (κ3) is 3.85. The summed E-state index contributed by atoms with van der Waals surface area (Å²) >= 11 is 0. The van der Waals surface area contributed by atoms with Crippen LogP contribution in [-0.4, -0.2) is 16.0 Å². The van der Waals surface area contributed by atoms with E-state index in [-0.39, 0.29) is 30.6 Å². The molecule has 3 aromatic carbocycles. The van der Waals surface area contributed by atoms with E-state index in [2.05, 4.69) is 15.5 Å². The number of halogens is 1. The van der Waals surface area contributed by atoms with Crippen LogP contribution in [0.15, 0.2) is 71.3 Å². The summed E-state index contributed by atoms with van der Waals surface area (Å²) in [6.45, 7) is 1.69. The molecular weight excluding hydrogens is 409 g/mol. The first kappa shape index (κ1) is 19.9. The number of aryl methyl sites for hydroxylation is 2. The zero-order valence-corrected chi connectivity index (χ0v) is 17.3. The monoisotopic (exact) mass is 429 g/mol. The fourth-order valence-corrected chi connectivity index (χ4v) is 3.72. The molecule has 160 valence electrons. The SMILES string of the molecule is Cc1ccc(-c2noc(CCC(=O)NC3c4ccccc4Oc4ccccc43)n2)cc1F. The first-order valence-electron chi connectivity index (χ1n) is 10.3. The lowest BCUT2D eigenvalue weighted by Crippen LogP contribution is -2.31. The maximum absolute atomic E-state index is 13.8. The molecule has 5 rings (SSSR count). The average molecular weight is 429 g/mol. The second-order valence-electron chi connectivity index (χ2n) is 7.65. The van der Waals surface area contributed by atoms with Gasteiger partial charge in [0.1, 0.15) is 17.3 Å². The fourth-order valence-electron chi connectivity index (χ4n) is 3.72. The molecular formula is C25H20FN3O3. The molecule has 0 saturated heterocycles. The standard InChI is InChI=1S/C25H20FN3O3/c1-15-10-11-16(14-19(15)26)25-28-23(32-29-25)13-12-22(30)27-24-17-6-2-4-8-20(17)31-21-9-5-3-7-18(21)24/h2-11,14,24H,12-13H2,1H3,(H,27,30). The molecule has 0 aliphatic carbocycles. The number of aromatic nitrogens is 2. The Morgan fingerprint density at radius 2 is 1.72 bits per heavy atom. The largest absolute Gasteiger partial charge is 0.457 e. The van der Waals surface area contributed by atoms with E-state index in [1.54, 1.807) is 19.1 Å². The molecule has 0 saturated carbocycles. The van der Waals surface area contributed by atoms with Gasteiger partial charge in [0.2, 0.25) is 17.6 Å². The van der Waals surface area contributed by atoms with Crippen LogP contribution in [-0.2, 0) is 11.2 Å². The van der Waals surface area contributed by atoms with Crippen LogP contribution in [0.5, 0.6) is 11.5 Å². The molecule has 0 fully saturated rings. The molecule has 4 aromatic rings. The minimum absolute atomic E-state index is 0.150. The van der Waals surface area contributed by atoms with Crippen LogP contribution in [0.4, 0.5) is 4.39 Å². The highest BCUT2D eigenvalue weighted by Crippen LogP contribution is 2.42. The Bertz CT molecular complexity index is 1260. The number of hydrogen-bond acceptors (Lipinski definition) is 5. The minimum Gasteiger partial charge on any atom is -0.457 e. The summed E-state index contributed by atoms with van der Waals surface area (Å²) in [5.41, 5.74) is 2.88. The maximum Gasteiger partial charge on any atom is 0.227 e. The van der Waals surface area contributed by atoms with Crippen LogP contribution < -0.4 is 10.1 Å². The first-order chi connectivity index (χ1) is 15.6. The number of nitrogens with zero attached hydrogens (tertiary/aromatic N) is 2. The fraction of sp³-hybridized carbons (Fsp3) is 0.160. The van der Waals surface area contributed by atoms with E-state index in [9.17, 15) is 9.18 Å². The number of fused-ring (bicyclic) bond motifs is 2. The van der Waals surface area contributed by atoms with Crippen molar-refractivity contribution in [3.05, 3.63) is 95.1 Å². The van der Waals surface area contributed by atoms with E-state index < -0.39 is 0 Å². The quantitative estimate of drug-likeness (QED) is 0.476. The predicted molar refractivity (Wildman–Crippen MR) is 116 cm³/mol. The molecule has 1 aromatic heterocycles. The molecule has 0 radical (unpaired) electrons. The Labute approximate surface area is 184 Å². The number of carbonyl (C=O) groups excluding carboxylic acids is 1. The predicted octanol–water partition coefficient (Wildman–Crippen LogP) is 5.13. The van der Waals surface area contributed by atoms with Gasteiger partial charge in [-0.15, -0.1) is 0 Å². The van der Waals surface area contributed by atoms with E-state index in [0.717, 1.165) is 22.6 Å². The van der Waals surface area contributed by atoms with Gasteiger partial charge in [0.05, 0.1) is 6.04 Å². The van der Waals surface area contributed by atoms with Crippen molar-refractivity contribution in [1.29, 1.82) is 0 Å². The molecule has 32 heavy (non-hydrogen) atoms. The average Bonchev–Trinajstić information content (AvgIpc) is 3.28. The molecule has 0 spiro atoms. The molecule has 6 nitrogen and oxygen atoms in total. The van der Waals surface area contributed by atoms with Crippen molar-refractivity contribution in [3.8, 4) is 22.9 Å². The van der Waals surface area contributed by atoms with Crippen LogP contribution in [0, 0.1) is 12.7 Å². The van der Waals surface area contributed by atoms with E-state index in [1.807, 2.05) is 48.5 Å². The van der Waals surface area contributed by atoms with E-state index in [1.165, 1.54) is 6.07 Å². The second-order valence-corrected chi connectivity index (χ2v) is 7.65. The highest BCUT2D eigenvalue weighted by molar-refractivity contribution is 5.78. The Morgan fingerprint density at radius 1 is 1.03 bits per heavy atom. The summed E-state index contributed by atoms with van der Waals surface area (Å²) in [4.78, 5) is 17.1. The number of ether oxygens (including phenoxy) is 1. The van der Waals surface area contributed by atoms with Crippen molar-refractivity contribution in [2.24, 2.45) is 0 Å². The van der Waals surface area contributed by atoms with Gasteiger partial charge in [-0.25, -0.2) is 4.39 Å². The van der Waals surface area contributed by atoms with Gasteiger partial charge in [0.15, 0.2) is 0 Å². The van der Waals surface area contributed by atoms with E-state index in [4.69, 9.17) is 9.26 Å². The zero-order chi connectivity index (χ0) is 22.1. The van der Waals surface area contributed by atoms with Gasteiger partial charge in [-0.05, 0) is 30.7 Å². The topological polar surface area (TPSA) is 77.2 Å². The summed E-state index contributed by atoms with van der Waals surface area (Å²) in [6, 6.07) is 19.8. The number of rotatable bonds is 5. The molecule has 1 N–H and O–H groups in total. The lowest BCUT2D eigenvalue weighted by atomic mass is 9.94. The summed E-state index contributed by atoms with van der Waals surface area (Å²) in [5, 5.41) is 7.00. The molecule has 1 aliphatic rings. The number of benzene rings is 3. The van der Waals surface area contributed by atoms with Gasteiger partial charge in [0, 0.05) is 29.5 Å². The first-order valence-corrected chi connectivity index (χ1v) is 10.3. The lowest BCUT2D eigenvalue weighted by molar-refractivity contribution is -0.121. The van der Waals surface area contributed by atoms with Gasteiger partial charge in [-0.3, -0.25) is 4.79 Å². The smallest absolute Gasteiger partial charge is 0.227 e. The van der Waals surface area contributed by atoms with Crippen LogP contribution in [0.1, 0.15) is 35.0 Å². The Morgan fingerprint density at radius 3 is 2.41 bits per heavy atom. The van der Waals surface area contributed by atoms with Gasteiger partial charge in [0.25, 0.3) is 0 Å². The van der Waals surface area contributed by atoms with Crippen molar-refractivity contribution in [2.45, 2.75) is 25.8 Å². The van der Waals surface area contributed by atoms with Gasteiger partial charge >= 0.3 is 0 Å². The number of hydrogen-bond donors (Lipinski definition) is 1. The van der Waals surface area contributed by atoms with Crippen molar-refractivity contribution in [1.82, 2.24) is 15.5 Å². The molecule has 1 aliphatic heterocycles. The van der Waals surface area contributed by atoms with Crippen molar-refractivity contribution >= 4 is 5.91 Å². The third-order valence-electron chi connectivity index (χ3n) is 5.45. The summed E-state index contributed by atoms with van der Waals surface area (Å²) in [7, 11) is 0. The number of carbonyl (C=O) groups is 1. The van der Waals surface area contributed by atoms with E-state index in [0.29, 0.717) is 22.8 Å². The summed E-state index contributed by atoms with van der Waals surface area (Å²) in [6.07, 6.45) is 0.450. The van der Waals surface area contributed by atoms with E-state index >= 15 is 0 Å². The molecule has 0 atom stereocenters. The lowest BCUT2D eigenvalue weighted by Gasteiger charge is -2.28.